The predicted molar refractivity (Wildman–Crippen MR) is 89.5 cm³/mol. The Balaban J connectivity index is 1.55. The van der Waals surface area contributed by atoms with Gasteiger partial charge in [0.05, 0.1) is 12.2 Å². The quantitative estimate of drug-likeness (QED) is 0.873. The topological polar surface area (TPSA) is 84.7 Å². The van der Waals surface area contributed by atoms with Crippen molar-refractivity contribution in [3.8, 4) is 0 Å². The number of rotatable bonds is 5. The third kappa shape index (κ3) is 3.94. The first-order valence-electron chi connectivity index (χ1n) is 7.90. The molecule has 1 aliphatic rings. The van der Waals surface area contributed by atoms with E-state index in [2.05, 4.69) is 39.5 Å². The predicted octanol–water partition coefficient (Wildman–Crippen LogP) is 1.92. The lowest BCUT2D eigenvalue weighted by Gasteiger charge is -2.23. The summed E-state index contributed by atoms with van der Waals surface area (Å²) in [5.74, 6) is 2.29. The summed E-state index contributed by atoms with van der Waals surface area (Å²) >= 11 is 1.45. The first-order chi connectivity index (χ1) is 11.0. The van der Waals surface area contributed by atoms with Crippen molar-refractivity contribution in [2.75, 3.05) is 5.32 Å². The molecule has 0 radical (unpaired) electrons. The van der Waals surface area contributed by atoms with Crippen LogP contribution in [0.4, 0.5) is 5.13 Å². The van der Waals surface area contributed by atoms with Crippen molar-refractivity contribution < 1.29 is 4.79 Å². The lowest BCUT2D eigenvalue weighted by Crippen LogP contribution is -2.37. The number of aromatic nitrogens is 4. The zero-order chi connectivity index (χ0) is 16.4. The molecule has 2 aromatic heterocycles. The Kier molecular flexibility index (Phi) is 4.72. The average Bonchev–Trinajstić information content (AvgIpc) is 3.10. The van der Waals surface area contributed by atoms with Gasteiger partial charge >= 0.3 is 0 Å². The monoisotopic (exact) mass is 334 g/mol. The van der Waals surface area contributed by atoms with Crippen LogP contribution in [0.3, 0.4) is 0 Å². The highest BCUT2D eigenvalue weighted by atomic mass is 32.1. The molecular weight excluding hydrogens is 312 g/mol. The second kappa shape index (κ2) is 6.76. The van der Waals surface area contributed by atoms with Crippen molar-refractivity contribution in [2.24, 2.45) is 0 Å². The van der Waals surface area contributed by atoms with E-state index in [9.17, 15) is 4.79 Å². The van der Waals surface area contributed by atoms with Crippen molar-refractivity contribution in [1.29, 1.82) is 0 Å². The Morgan fingerprint density at radius 2 is 2.30 bits per heavy atom. The fourth-order valence-corrected chi connectivity index (χ4v) is 3.34. The van der Waals surface area contributed by atoms with Crippen molar-refractivity contribution in [3.05, 3.63) is 22.7 Å². The molecule has 1 atom stereocenters. The molecular formula is C15H22N6OS. The van der Waals surface area contributed by atoms with E-state index in [1.165, 1.54) is 18.3 Å². The van der Waals surface area contributed by atoms with Gasteiger partial charge in [0.1, 0.15) is 5.82 Å². The highest BCUT2D eigenvalue weighted by molar-refractivity contribution is 7.13. The maximum Gasteiger partial charge on any atom is 0.223 e. The molecule has 0 bridgehead atoms. The fourth-order valence-electron chi connectivity index (χ4n) is 2.58. The molecule has 2 aromatic rings. The van der Waals surface area contributed by atoms with Crippen LogP contribution >= 0.6 is 11.3 Å². The van der Waals surface area contributed by atoms with Crippen molar-refractivity contribution in [3.63, 3.8) is 0 Å². The highest BCUT2D eigenvalue weighted by Gasteiger charge is 2.22. The van der Waals surface area contributed by atoms with Crippen LogP contribution in [0.2, 0.25) is 0 Å². The van der Waals surface area contributed by atoms with E-state index in [1.807, 2.05) is 10.1 Å². The van der Waals surface area contributed by atoms with E-state index in [-0.39, 0.29) is 5.91 Å². The third-order valence-corrected chi connectivity index (χ3v) is 4.60. The number of nitrogens with zero attached hydrogens (tertiary/aromatic N) is 4. The minimum Gasteiger partial charge on any atom is -0.306 e. The van der Waals surface area contributed by atoms with Crippen molar-refractivity contribution >= 4 is 22.4 Å². The molecule has 3 heterocycles. The van der Waals surface area contributed by atoms with Gasteiger partial charge in [-0.15, -0.1) is 11.3 Å². The number of hydrogen-bond acceptors (Lipinski definition) is 6. The van der Waals surface area contributed by atoms with Crippen LogP contribution in [0.1, 0.15) is 50.5 Å². The van der Waals surface area contributed by atoms with Crippen LogP contribution in [-0.4, -0.2) is 31.7 Å². The minimum absolute atomic E-state index is 0.0918. The number of carbonyl (C=O) groups is 1. The number of thiazole rings is 1. The Morgan fingerprint density at radius 1 is 1.48 bits per heavy atom. The molecule has 0 saturated heterocycles. The smallest absolute Gasteiger partial charge is 0.223 e. The maximum atomic E-state index is 11.0. The Hall–Kier alpha value is -1.80. The normalized spacial score (nSPS) is 17.3. The van der Waals surface area contributed by atoms with Crippen molar-refractivity contribution in [2.45, 2.75) is 58.7 Å². The molecule has 3 rings (SSSR count). The van der Waals surface area contributed by atoms with Gasteiger partial charge < -0.3 is 10.6 Å². The summed E-state index contributed by atoms with van der Waals surface area (Å²) < 4.78 is 2.03. The number of fused-ring (bicyclic) bond motifs is 1. The molecule has 8 heteroatoms. The SMILES string of the molecule is CC(=O)Nc1nc(CN[C@H]2CCc3nc(C(C)C)nn3C2)cs1. The second-order valence-corrected chi connectivity index (χ2v) is 7.02. The summed E-state index contributed by atoms with van der Waals surface area (Å²) in [6, 6.07) is 0.370. The largest absolute Gasteiger partial charge is 0.306 e. The summed E-state index contributed by atoms with van der Waals surface area (Å²) in [5, 5.41) is 13.5. The lowest BCUT2D eigenvalue weighted by molar-refractivity contribution is -0.114. The summed E-state index contributed by atoms with van der Waals surface area (Å²) in [6.07, 6.45) is 2.00. The van der Waals surface area contributed by atoms with Crippen LogP contribution in [0.15, 0.2) is 5.38 Å². The van der Waals surface area contributed by atoms with Gasteiger partial charge in [-0.3, -0.25) is 4.79 Å². The lowest BCUT2D eigenvalue weighted by atomic mass is 10.1. The first-order valence-corrected chi connectivity index (χ1v) is 8.78. The molecule has 7 nitrogen and oxygen atoms in total. The number of aryl methyl sites for hydroxylation is 1. The van der Waals surface area contributed by atoms with Gasteiger partial charge in [-0.1, -0.05) is 13.8 Å². The van der Waals surface area contributed by atoms with E-state index in [0.29, 0.717) is 23.6 Å². The summed E-state index contributed by atoms with van der Waals surface area (Å²) in [4.78, 5) is 20.0. The van der Waals surface area contributed by atoms with Crippen LogP contribution in [0.25, 0.3) is 0 Å². The minimum atomic E-state index is -0.0918. The van der Waals surface area contributed by atoms with Gasteiger partial charge in [-0.05, 0) is 6.42 Å². The van der Waals surface area contributed by atoms with Crippen LogP contribution in [0, 0.1) is 0 Å². The second-order valence-electron chi connectivity index (χ2n) is 6.16. The number of amides is 1. The maximum absolute atomic E-state index is 11.0. The summed E-state index contributed by atoms with van der Waals surface area (Å²) in [6.45, 7) is 7.26. The molecule has 0 unspecified atom stereocenters. The molecule has 0 aromatic carbocycles. The molecule has 2 N–H and O–H groups in total. The molecule has 23 heavy (non-hydrogen) atoms. The molecule has 0 saturated carbocycles. The van der Waals surface area contributed by atoms with E-state index in [0.717, 1.165) is 36.7 Å². The van der Waals surface area contributed by atoms with Crippen LogP contribution in [0.5, 0.6) is 0 Å². The molecule has 0 spiro atoms. The molecule has 1 aliphatic heterocycles. The van der Waals surface area contributed by atoms with Crippen LogP contribution < -0.4 is 10.6 Å². The molecule has 0 aliphatic carbocycles. The summed E-state index contributed by atoms with van der Waals surface area (Å²) in [7, 11) is 0. The van der Waals surface area contributed by atoms with E-state index in [4.69, 9.17) is 0 Å². The van der Waals surface area contributed by atoms with E-state index in [1.54, 1.807) is 0 Å². The number of anilines is 1. The zero-order valence-corrected chi connectivity index (χ0v) is 14.5. The molecule has 1 amide bonds. The Bertz CT molecular complexity index is 692. The van der Waals surface area contributed by atoms with Crippen molar-refractivity contribution in [1.82, 2.24) is 25.1 Å². The van der Waals surface area contributed by atoms with E-state index >= 15 is 0 Å². The summed E-state index contributed by atoms with van der Waals surface area (Å²) in [5.41, 5.74) is 0.950. The first kappa shape index (κ1) is 16.1. The van der Waals surface area contributed by atoms with Gasteiger partial charge in [0.15, 0.2) is 11.0 Å². The zero-order valence-electron chi connectivity index (χ0n) is 13.7. The third-order valence-electron chi connectivity index (χ3n) is 3.80. The molecule has 124 valence electrons. The Labute approximate surface area is 139 Å². The fraction of sp³-hybridized carbons (Fsp3) is 0.600. The van der Waals surface area contributed by atoms with Gasteiger partial charge in [0.25, 0.3) is 0 Å². The van der Waals surface area contributed by atoms with Gasteiger partial charge in [-0.2, -0.15) is 5.10 Å². The molecule has 0 fully saturated rings. The average molecular weight is 334 g/mol. The Morgan fingerprint density at radius 3 is 3.04 bits per heavy atom. The standard InChI is InChI=1S/C15H22N6OS/c1-9(2)14-19-13-5-4-11(7-21(13)20-14)16-6-12-8-23-15(18-12)17-10(3)22/h8-9,11,16H,4-7H2,1-3H3,(H,17,18,22)/t11-/m0/s1. The van der Waals surface area contributed by atoms with Crippen LogP contribution in [-0.2, 0) is 24.3 Å². The highest BCUT2D eigenvalue weighted by Crippen LogP contribution is 2.18. The van der Waals surface area contributed by atoms with E-state index < -0.39 is 0 Å². The van der Waals surface area contributed by atoms with Gasteiger partial charge in [-0.25, -0.2) is 14.6 Å². The number of hydrogen-bond donors (Lipinski definition) is 2. The van der Waals surface area contributed by atoms with Gasteiger partial charge in [0.2, 0.25) is 5.91 Å². The number of nitrogens with one attached hydrogen (secondary N) is 2. The number of carbonyl (C=O) groups excluding carboxylic acids is 1. The van der Waals surface area contributed by atoms with Gasteiger partial charge in [0, 0.05) is 37.2 Å².